The highest BCUT2D eigenvalue weighted by Crippen LogP contribution is 2.38. The van der Waals surface area contributed by atoms with Crippen molar-refractivity contribution in [3.05, 3.63) is 23.0 Å². The van der Waals surface area contributed by atoms with Gasteiger partial charge in [0.05, 0.1) is 25.8 Å². The molecule has 2 aromatic rings. The first-order valence-corrected chi connectivity index (χ1v) is 8.84. The van der Waals surface area contributed by atoms with Crippen LogP contribution in [0.25, 0.3) is 10.6 Å². The van der Waals surface area contributed by atoms with Gasteiger partial charge in [-0.05, 0) is 25.0 Å². The van der Waals surface area contributed by atoms with Crippen molar-refractivity contribution in [2.24, 2.45) is 12.0 Å². The van der Waals surface area contributed by atoms with E-state index < -0.39 is 0 Å². The number of methoxy groups -OCH3 is 2. The van der Waals surface area contributed by atoms with Gasteiger partial charge in [-0.3, -0.25) is 4.99 Å². The standard InChI is InChI=1S/C17H23N3O2S/c1-20-17(18-12-8-5-4-6-9-12)23-16(19-20)15-13(21-2)10-7-11-14(15)22-3/h7,10-12H,4-6,8-9H2,1-3H3. The van der Waals surface area contributed by atoms with Crippen LogP contribution in [-0.4, -0.2) is 30.0 Å². The first-order valence-electron chi connectivity index (χ1n) is 8.02. The van der Waals surface area contributed by atoms with Crippen LogP contribution in [0.3, 0.4) is 0 Å². The molecule has 1 heterocycles. The Morgan fingerprint density at radius 3 is 2.39 bits per heavy atom. The van der Waals surface area contributed by atoms with Crippen LogP contribution in [-0.2, 0) is 7.05 Å². The van der Waals surface area contributed by atoms with Gasteiger partial charge in [-0.25, -0.2) is 4.68 Å². The monoisotopic (exact) mass is 333 g/mol. The third-order valence-corrected chi connectivity index (χ3v) is 5.25. The highest BCUT2D eigenvalue weighted by Gasteiger charge is 2.18. The molecule has 5 nitrogen and oxygen atoms in total. The van der Waals surface area contributed by atoms with Crippen molar-refractivity contribution >= 4 is 11.3 Å². The lowest BCUT2D eigenvalue weighted by atomic mass is 9.96. The molecule has 3 rings (SSSR count). The summed E-state index contributed by atoms with van der Waals surface area (Å²) in [6, 6.07) is 6.21. The summed E-state index contributed by atoms with van der Waals surface area (Å²) in [6.07, 6.45) is 6.27. The number of hydrogen-bond donors (Lipinski definition) is 0. The first-order chi connectivity index (χ1) is 11.2. The van der Waals surface area contributed by atoms with Crippen LogP contribution in [0.1, 0.15) is 32.1 Å². The molecule has 0 unspecified atom stereocenters. The number of rotatable bonds is 4. The third kappa shape index (κ3) is 3.42. The highest BCUT2D eigenvalue weighted by molar-refractivity contribution is 7.12. The van der Waals surface area contributed by atoms with Crippen LogP contribution in [0.4, 0.5) is 0 Å². The summed E-state index contributed by atoms with van der Waals surface area (Å²) in [7, 11) is 5.28. The molecule has 0 atom stereocenters. The Morgan fingerprint density at radius 1 is 1.13 bits per heavy atom. The Bertz CT molecular complexity index is 707. The molecule has 0 spiro atoms. The molecule has 1 aliphatic carbocycles. The lowest BCUT2D eigenvalue weighted by molar-refractivity contribution is 0.397. The molecular formula is C17H23N3O2S. The summed E-state index contributed by atoms with van der Waals surface area (Å²) in [5.41, 5.74) is 0.892. The average molecular weight is 333 g/mol. The molecule has 0 amide bonds. The van der Waals surface area contributed by atoms with Crippen molar-refractivity contribution in [3.8, 4) is 22.1 Å². The first kappa shape index (κ1) is 16.1. The molecule has 0 bridgehead atoms. The lowest BCUT2D eigenvalue weighted by Gasteiger charge is -2.16. The highest BCUT2D eigenvalue weighted by atomic mass is 32.1. The molecule has 124 valence electrons. The third-order valence-electron chi connectivity index (χ3n) is 4.22. The fraction of sp³-hybridized carbons (Fsp3) is 0.529. The van der Waals surface area contributed by atoms with Gasteiger partial charge < -0.3 is 9.47 Å². The van der Waals surface area contributed by atoms with Crippen LogP contribution >= 0.6 is 11.3 Å². The predicted molar refractivity (Wildman–Crippen MR) is 92.1 cm³/mol. The van der Waals surface area contributed by atoms with Gasteiger partial charge in [0.15, 0.2) is 5.01 Å². The maximum absolute atomic E-state index is 5.49. The van der Waals surface area contributed by atoms with E-state index in [2.05, 4.69) is 5.10 Å². The van der Waals surface area contributed by atoms with Crippen LogP contribution < -0.4 is 14.3 Å². The molecule has 1 aliphatic rings. The number of aryl methyl sites for hydroxylation is 1. The van der Waals surface area contributed by atoms with Crippen LogP contribution in [0.2, 0.25) is 0 Å². The van der Waals surface area contributed by atoms with Crippen molar-refractivity contribution in [1.29, 1.82) is 0 Å². The molecule has 0 N–H and O–H groups in total. The van der Waals surface area contributed by atoms with Gasteiger partial charge in [0, 0.05) is 7.05 Å². The van der Waals surface area contributed by atoms with E-state index in [-0.39, 0.29) is 0 Å². The minimum absolute atomic E-state index is 0.433. The summed E-state index contributed by atoms with van der Waals surface area (Å²) in [5, 5.41) is 5.52. The molecule has 0 radical (unpaired) electrons. The van der Waals surface area contributed by atoms with E-state index in [4.69, 9.17) is 14.5 Å². The summed E-state index contributed by atoms with van der Waals surface area (Å²) < 4.78 is 12.8. The molecule has 1 fully saturated rings. The van der Waals surface area contributed by atoms with Gasteiger partial charge in [-0.2, -0.15) is 5.10 Å². The summed E-state index contributed by atoms with van der Waals surface area (Å²) in [6.45, 7) is 0. The second kappa shape index (κ2) is 7.17. The molecule has 0 aliphatic heterocycles. The summed E-state index contributed by atoms with van der Waals surface area (Å²) in [5.74, 6) is 1.53. The minimum Gasteiger partial charge on any atom is -0.496 e. The van der Waals surface area contributed by atoms with E-state index in [1.165, 1.54) is 32.1 Å². The number of ether oxygens (including phenoxy) is 2. The minimum atomic E-state index is 0.433. The normalized spacial score (nSPS) is 16.6. The maximum atomic E-state index is 5.49. The van der Waals surface area contributed by atoms with Gasteiger partial charge in [0.1, 0.15) is 11.5 Å². The molecule has 1 aromatic heterocycles. The van der Waals surface area contributed by atoms with Crippen molar-refractivity contribution in [2.75, 3.05) is 14.2 Å². The van der Waals surface area contributed by atoms with Crippen LogP contribution in [0, 0.1) is 0 Å². The van der Waals surface area contributed by atoms with Crippen molar-refractivity contribution < 1.29 is 9.47 Å². The van der Waals surface area contributed by atoms with Gasteiger partial charge in [-0.15, -0.1) is 0 Å². The topological polar surface area (TPSA) is 48.6 Å². The Labute approximate surface area is 140 Å². The lowest BCUT2D eigenvalue weighted by Crippen LogP contribution is -2.18. The average Bonchev–Trinajstić information content (AvgIpc) is 2.95. The Morgan fingerprint density at radius 2 is 1.78 bits per heavy atom. The van der Waals surface area contributed by atoms with E-state index in [1.54, 1.807) is 25.6 Å². The second-order valence-corrected chi connectivity index (χ2v) is 6.73. The van der Waals surface area contributed by atoms with Crippen LogP contribution in [0.5, 0.6) is 11.5 Å². The zero-order valence-corrected chi connectivity index (χ0v) is 14.7. The van der Waals surface area contributed by atoms with Gasteiger partial charge in [0.25, 0.3) is 0 Å². The summed E-state index contributed by atoms with van der Waals surface area (Å²) in [4.78, 5) is 5.87. The SMILES string of the molecule is COc1cccc(OC)c1-c1nn(C)c(=NC2CCCCC2)s1. The maximum Gasteiger partial charge on any atom is 0.203 e. The molecule has 1 aromatic carbocycles. The van der Waals surface area contributed by atoms with E-state index in [9.17, 15) is 0 Å². The number of benzene rings is 1. The van der Waals surface area contributed by atoms with Crippen molar-refractivity contribution in [1.82, 2.24) is 9.78 Å². The van der Waals surface area contributed by atoms with E-state index in [0.29, 0.717) is 6.04 Å². The summed E-state index contributed by atoms with van der Waals surface area (Å²) >= 11 is 1.59. The fourth-order valence-corrected chi connectivity index (χ4v) is 4.01. The Hall–Kier alpha value is -1.82. The fourth-order valence-electron chi connectivity index (χ4n) is 2.99. The molecule has 6 heteroatoms. The van der Waals surface area contributed by atoms with E-state index in [1.807, 2.05) is 29.9 Å². The number of aromatic nitrogens is 2. The number of hydrogen-bond acceptors (Lipinski definition) is 5. The predicted octanol–water partition coefficient (Wildman–Crippen LogP) is 3.40. The van der Waals surface area contributed by atoms with E-state index in [0.717, 1.165) is 26.9 Å². The Balaban J connectivity index is 2.02. The largest absolute Gasteiger partial charge is 0.496 e. The van der Waals surface area contributed by atoms with Gasteiger partial charge >= 0.3 is 0 Å². The molecule has 23 heavy (non-hydrogen) atoms. The zero-order valence-electron chi connectivity index (χ0n) is 13.9. The van der Waals surface area contributed by atoms with E-state index >= 15 is 0 Å². The van der Waals surface area contributed by atoms with Crippen molar-refractivity contribution in [3.63, 3.8) is 0 Å². The second-order valence-electron chi connectivity index (χ2n) is 5.77. The van der Waals surface area contributed by atoms with Crippen LogP contribution in [0.15, 0.2) is 23.2 Å². The number of nitrogens with zero attached hydrogens (tertiary/aromatic N) is 3. The molecule has 0 saturated heterocycles. The van der Waals surface area contributed by atoms with Gasteiger partial charge in [0.2, 0.25) is 4.80 Å². The molecule has 1 saturated carbocycles. The van der Waals surface area contributed by atoms with Crippen molar-refractivity contribution in [2.45, 2.75) is 38.1 Å². The Kier molecular flexibility index (Phi) is 5.00. The van der Waals surface area contributed by atoms with Gasteiger partial charge in [-0.1, -0.05) is 36.7 Å². The smallest absolute Gasteiger partial charge is 0.203 e. The molecular weight excluding hydrogens is 310 g/mol. The zero-order chi connectivity index (χ0) is 16.2. The quantitative estimate of drug-likeness (QED) is 0.861.